The van der Waals surface area contributed by atoms with Gasteiger partial charge in [0.2, 0.25) is 0 Å². The average molecular weight is 381 g/mol. The maximum absolute atomic E-state index is 12.5. The number of nitrogens with one attached hydrogen (secondary N) is 1. The Bertz CT molecular complexity index is 859. The van der Waals surface area contributed by atoms with E-state index in [1.54, 1.807) is 26.2 Å². The summed E-state index contributed by atoms with van der Waals surface area (Å²) in [6.07, 6.45) is 0.357. The van der Waals surface area contributed by atoms with Crippen LogP contribution in [0.3, 0.4) is 0 Å². The quantitative estimate of drug-likeness (QED) is 0.718. The van der Waals surface area contributed by atoms with E-state index in [1.165, 1.54) is 6.20 Å². The molecule has 0 heterocycles. The zero-order valence-electron chi connectivity index (χ0n) is 15.8. The molecular formula is C21H23N3O4. The molecule has 0 radical (unpaired) electrons. The van der Waals surface area contributed by atoms with E-state index >= 15 is 0 Å². The topological polar surface area (TPSA) is 103 Å². The molecule has 0 aliphatic carbocycles. The van der Waals surface area contributed by atoms with Crippen LogP contribution in [0.25, 0.3) is 0 Å². The molecule has 7 nitrogen and oxygen atoms in total. The number of ether oxygens (including phenoxy) is 2. The minimum Gasteiger partial charge on any atom is -0.497 e. The number of hydrogen-bond donors (Lipinski definition) is 2. The van der Waals surface area contributed by atoms with Gasteiger partial charge in [-0.15, -0.1) is 0 Å². The highest BCUT2D eigenvalue weighted by Gasteiger charge is 2.16. The first kappa shape index (κ1) is 20.7. The van der Waals surface area contributed by atoms with E-state index < -0.39 is 12.0 Å². The van der Waals surface area contributed by atoms with Crippen molar-refractivity contribution in [2.75, 3.05) is 7.11 Å². The lowest BCUT2D eigenvalue weighted by molar-refractivity contribution is -0.114. The summed E-state index contributed by atoms with van der Waals surface area (Å²) in [6, 6.07) is 16.4. The second kappa shape index (κ2) is 10.5. The third-order valence-corrected chi connectivity index (χ3v) is 3.86. The van der Waals surface area contributed by atoms with Crippen LogP contribution in [-0.2, 0) is 22.7 Å². The highest BCUT2D eigenvalue weighted by Crippen LogP contribution is 2.11. The Kier molecular flexibility index (Phi) is 7.77. The summed E-state index contributed by atoms with van der Waals surface area (Å²) in [5.74, 6) is 0.201. The number of benzene rings is 2. The molecule has 0 fully saturated rings. The van der Waals surface area contributed by atoms with Crippen molar-refractivity contribution in [3.8, 4) is 5.75 Å². The highest BCUT2D eigenvalue weighted by molar-refractivity contribution is 6.46. The molecule has 2 aromatic rings. The van der Waals surface area contributed by atoms with Crippen molar-refractivity contribution in [2.24, 2.45) is 10.7 Å². The molecule has 0 atom stereocenters. The fraction of sp³-hybridized carbons (Fsp3) is 0.190. The monoisotopic (exact) mass is 381 g/mol. The molecule has 3 N–H and O–H groups in total. The molecule has 0 aliphatic heterocycles. The van der Waals surface area contributed by atoms with Crippen molar-refractivity contribution >= 4 is 17.7 Å². The van der Waals surface area contributed by atoms with Gasteiger partial charge in [0, 0.05) is 6.54 Å². The second-order valence-electron chi connectivity index (χ2n) is 5.88. The van der Waals surface area contributed by atoms with Crippen molar-refractivity contribution < 1.29 is 19.1 Å². The van der Waals surface area contributed by atoms with Crippen molar-refractivity contribution in [1.82, 2.24) is 5.32 Å². The number of carbonyl (C=O) groups is 2. The van der Waals surface area contributed by atoms with Gasteiger partial charge in [-0.25, -0.2) is 4.79 Å². The van der Waals surface area contributed by atoms with Crippen LogP contribution >= 0.6 is 0 Å². The van der Waals surface area contributed by atoms with E-state index in [0.29, 0.717) is 5.57 Å². The van der Waals surface area contributed by atoms with Crippen LogP contribution < -0.4 is 15.8 Å². The van der Waals surface area contributed by atoms with E-state index in [1.807, 2.05) is 42.5 Å². The maximum atomic E-state index is 12.5. The molecule has 0 saturated heterocycles. The lowest BCUT2D eigenvalue weighted by Crippen LogP contribution is -2.32. The lowest BCUT2D eigenvalue weighted by Gasteiger charge is -2.09. The van der Waals surface area contributed by atoms with Crippen LogP contribution in [0.1, 0.15) is 18.1 Å². The Morgan fingerprint density at radius 2 is 1.75 bits per heavy atom. The zero-order chi connectivity index (χ0) is 20.4. The molecule has 2 aromatic carbocycles. The molecule has 7 heteroatoms. The number of nitrogens with zero attached hydrogens (tertiary/aromatic N) is 1. The number of rotatable bonds is 7. The van der Waals surface area contributed by atoms with Crippen LogP contribution in [-0.4, -0.2) is 24.8 Å². The van der Waals surface area contributed by atoms with Crippen LogP contribution in [0.5, 0.6) is 5.75 Å². The molecule has 0 aromatic heterocycles. The van der Waals surface area contributed by atoms with E-state index in [2.05, 4.69) is 10.3 Å². The van der Waals surface area contributed by atoms with Gasteiger partial charge in [0.1, 0.15) is 18.1 Å². The SMILES string of the molecule is COc1ccc(CNC(=O)C(=NC(=O)OCc2ccccc2)C(C)=CN)cc1. The fourth-order valence-electron chi connectivity index (χ4n) is 2.25. The number of methoxy groups -OCH3 is 1. The Morgan fingerprint density at radius 3 is 2.36 bits per heavy atom. The Morgan fingerprint density at radius 1 is 1.07 bits per heavy atom. The summed E-state index contributed by atoms with van der Waals surface area (Å²) in [6.45, 7) is 1.92. The second-order valence-corrected chi connectivity index (χ2v) is 5.88. The van der Waals surface area contributed by atoms with Gasteiger partial charge in [0.15, 0.2) is 0 Å². The van der Waals surface area contributed by atoms with Crippen LogP contribution in [0.15, 0.2) is 71.4 Å². The number of aliphatic imine (C=N–C) groups is 1. The van der Waals surface area contributed by atoms with Gasteiger partial charge >= 0.3 is 6.09 Å². The van der Waals surface area contributed by atoms with Crippen molar-refractivity contribution in [3.63, 3.8) is 0 Å². The first-order chi connectivity index (χ1) is 13.5. The van der Waals surface area contributed by atoms with E-state index in [9.17, 15) is 9.59 Å². The van der Waals surface area contributed by atoms with Crippen LogP contribution in [0.2, 0.25) is 0 Å². The van der Waals surface area contributed by atoms with Crippen molar-refractivity contribution in [3.05, 3.63) is 77.5 Å². The summed E-state index contributed by atoms with van der Waals surface area (Å²) < 4.78 is 10.2. The molecule has 2 rings (SSSR count). The summed E-state index contributed by atoms with van der Waals surface area (Å²) in [4.78, 5) is 28.3. The molecular weight excluding hydrogens is 358 g/mol. The summed E-state index contributed by atoms with van der Waals surface area (Å²) >= 11 is 0. The Hall–Kier alpha value is -3.61. The summed E-state index contributed by atoms with van der Waals surface area (Å²) in [5.41, 5.74) is 7.47. The molecule has 0 aliphatic rings. The number of amides is 2. The Labute approximate surface area is 163 Å². The van der Waals surface area contributed by atoms with Gasteiger partial charge in [-0.3, -0.25) is 4.79 Å². The van der Waals surface area contributed by atoms with E-state index in [4.69, 9.17) is 15.2 Å². The lowest BCUT2D eigenvalue weighted by atomic mass is 10.1. The molecule has 0 saturated carbocycles. The predicted molar refractivity (Wildman–Crippen MR) is 107 cm³/mol. The predicted octanol–water partition coefficient (Wildman–Crippen LogP) is 2.95. The van der Waals surface area contributed by atoms with Gasteiger partial charge in [0.25, 0.3) is 5.91 Å². The summed E-state index contributed by atoms with van der Waals surface area (Å²) in [7, 11) is 1.58. The average Bonchev–Trinajstić information content (AvgIpc) is 2.74. The first-order valence-corrected chi connectivity index (χ1v) is 8.63. The zero-order valence-corrected chi connectivity index (χ0v) is 15.8. The fourth-order valence-corrected chi connectivity index (χ4v) is 2.25. The van der Waals surface area contributed by atoms with Crippen LogP contribution in [0.4, 0.5) is 4.79 Å². The molecule has 0 bridgehead atoms. The third kappa shape index (κ3) is 6.28. The van der Waals surface area contributed by atoms with E-state index in [0.717, 1.165) is 16.9 Å². The minimum absolute atomic E-state index is 0.0648. The van der Waals surface area contributed by atoms with Crippen molar-refractivity contribution in [1.29, 1.82) is 0 Å². The van der Waals surface area contributed by atoms with Gasteiger partial charge in [-0.05, 0) is 42.0 Å². The molecule has 0 spiro atoms. The molecule has 28 heavy (non-hydrogen) atoms. The van der Waals surface area contributed by atoms with Gasteiger partial charge < -0.3 is 20.5 Å². The third-order valence-electron chi connectivity index (χ3n) is 3.86. The van der Waals surface area contributed by atoms with Gasteiger partial charge in [0.05, 0.1) is 7.11 Å². The summed E-state index contributed by atoms with van der Waals surface area (Å²) in [5, 5.41) is 2.72. The first-order valence-electron chi connectivity index (χ1n) is 8.63. The van der Waals surface area contributed by atoms with Crippen molar-refractivity contribution in [2.45, 2.75) is 20.1 Å². The normalized spacial score (nSPS) is 11.6. The minimum atomic E-state index is -0.861. The Balaban J connectivity index is 2.01. The smallest absolute Gasteiger partial charge is 0.434 e. The van der Waals surface area contributed by atoms with Gasteiger partial charge in [-0.1, -0.05) is 42.5 Å². The number of nitrogens with two attached hydrogens (primary N) is 1. The number of hydrogen-bond acceptors (Lipinski definition) is 5. The molecule has 2 amide bonds. The maximum Gasteiger partial charge on any atom is 0.434 e. The largest absolute Gasteiger partial charge is 0.497 e. The number of carbonyl (C=O) groups excluding carboxylic acids is 2. The molecule has 0 unspecified atom stereocenters. The van der Waals surface area contributed by atoms with E-state index in [-0.39, 0.29) is 18.9 Å². The standard InChI is InChI=1S/C21H23N3O4/c1-15(12-22)19(24-21(26)28-14-17-6-4-3-5-7-17)20(25)23-13-16-8-10-18(27-2)11-9-16/h3-12H,13-14,22H2,1-2H3,(H,23,25). The van der Waals surface area contributed by atoms with Crippen LogP contribution in [0, 0.1) is 0 Å². The van der Waals surface area contributed by atoms with Gasteiger partial charge in [-0.2, -0.15) is 4.99 Å². The molecule has 146 valence electrons. The highest BCUT2D eigenvalue weighted by atomic mass is 16.5.